The second-order valence-electron chi connectivity index (χ2n) is 5.53. The van der Waals surface area contributed by atoms with Gasteiger partial charge in [0, 0.05) is 13.1 Å². The molecule has 1 fully saturated rings. The third-order valence-corrected chi connectivity index (χ3v) is 4.09. The van der Waals surface area contributed by atoms with Crippen LogP contribution in [0.3, 0.4) is 0 Å². The second-order valence-corrected chi connectivity index (χ2v) is 5.53. The van der Waals surface area contributed by atoms with Crippen molar-refractivity contribution in [2.45, 2.75) is 18.6 Å². The first-order valence-electron chi connectivity index (χ1n) is 7.34. The Labute approximate surface area is 129 Å². The van der Waals surface area contributed by atoms with E-state index in [9.17, 15) is 4.79 Å². The molecule has 0 saturated carbocycles. The van der Waals surface area contributed by atoms with E-state index in [1.165, 1.54) is 7.11 Å². The van der Waals surface area contributed by atoms with Crippen molar-refractivity contribution in [2.75, 3.05) is 38.4 Å². The number of para-hydroxylation sites is 1. The predicted molar refractivity (Wildman–Crippen MR) is 80.4 cm³/mol. The van der Waals surface area contributed by atoms with Gasteiger partial charge in [0.15, 0.2) is 0 Å². The Morgan fingerprint density at radius 2 is 2.00 bits per heavy atom. The van der Waals surface area contributed by atoms with Gasteiger partial charge in [0.05, 0.1) is 26.0 Å². The SMILES string of the molecule is COC(=O)C1(C)N=NN(c2ccccc2)C1N1CCOCC1. The minimum Gasteiger partial charge on any atom is -0.467 e. The molecule has 0 aliphatic carbocycles. The number of ether oxygens (including phenoxy) is 2. The molecular weight excluding hydrogens is 284 g/mol. The van der Waals surface area contributed by atoms with Gasteiger partial charge in [-0.15, -0.1) is 5.11 Å². The summed E-state index contributed by atoms with van der Waals surface area (Å²) in [5, 5.41) is 10.3. The Morgan fingerprint density at radius 3 is 2.64 bits per heavy atom. The summed E-state index contributed by atoms with van der Waals surface area (Å²) >= 11 is 0. The summed E-state index contributed by atoms with van der Waals surface area (Å²) in [5.74, 6) is -0.383. The van der Waals surface area contributed by atoms with E-state index in [-0.39, 0.29) is 12.1 Å². The normalized spacial score (nSPS) is 28.8. The molecule has 2 unspecified atom stereocenters. The number of methoxy groups -OCH3 is 1. The summed E-state index contributed by atoms with van der Waals surface area (Å²) in [6.07, 6.45) is -0.314. The average molecular weight is 304 g/mol. The van der Waals surface area contributed by atoms with Crippen LogP contribution >= 0.6 is 0 Å². The van der Waals surface area contributed by atoms with Gasteiger partial charge in [0.2, 0.25) is 5.54 Å². The van der Waals surface area contributed by atoms with E-state index in [1.807, 2.05) is 30.3 Å². The molecule has 0 N–H and O–H groups in total. The summed E-state index contributed by atoms with van der Waals surface area (Å²) in [7, 11) is 1.38. The summed E-state index contributed by atoms with van der Waals surface area (Å²) in [6.45, 7) is 4.50. The molecule has 2 atom stereocenters. The standard InChI is InChI=1S/C15H20N4O3/c1-15(14(20)21-2)13(18-8-10-22-11-9-18)19(17-16-15)12-6-4-3-5-7-12/h3-7,13H,8-11H2,1-2H3. The van der Waals surface area contributed by atoms with Crippen LogP contribution in [0.2, 0.25) is 0 Å². The molecule has 2 aliphatic rings. The Hall–Kier alpha value is -1.99. The zero-order valence-electron chi connectivity index (χ0n) is 12.8. The molecular formula is C15H20N4O3. The van der Waals surface area contributed by atoms with E-state index >= 15 is 0 Å². The van der Waals surface area contributed by atoms with Crippen molar-refractivity contribution < 1.29 is 14.3 Å². The second kappa shape index (κ2) is 6.02. The van der Waals surface area contributed by atoms with Gasteiger partial charge in [-0.1, -0.05) is 23.4 Å². The van der Waals surface area contributed by atoms with Crippen molar-refractivity contribution in [3.05, 3.63) is 30.3 Å². The van der Waals surface area contributed by atoms with E-state index < -0.39 is 5.54 Å². The Kier molecular flexibility index (Phi) is 4.08. The fourth-order valence-corrected chi connectivity index (χ4v) is 2.94. The van der Waals surface area contributed by atoms with Crippen LogP contribution in [-0.4, -0.2) is 56.0 Å². The zero-order valence-corrected chi connectivity index (χ0v) is 12.8. The lowest BCUT2D eigenvalue weighted by Gasteiger charge is -2.40. The average Bonchev–Trinajstić information content (AvgIpc) is 2.94. The molecule has 7 heteroatoms. The maximum absolute atomic E-state index is 12.3. The smallest absolute Gasteiger partial charge is 0.339 e. The van der Waals surface area contributed by atoms with Crippen LogP contribution in [0, 0.1) is 0 Å². The van der Waals surface area contributed by atoms with Crippen molar-refractivity contribution in [3.63, 3.8) is 0 Å². The fourth-order valence-electron chi connectivity index (χ4n) is 2.94. The van der Waals surface area contributed by atoms with Crippen molar-refractivity contribution in [3.8, 4) is 0 Å². The van der Waals surface area contributed by atoms with Crippen LogP contribution in [-0.2, 0) is 14.3 Å². The van der Waals surface area contributed by atoms with Gasteiger partial charge < -0.3 is 9.47 Å². The van der Waals surface area contributed by atoms with E-state index in [0.29, 0.717) is 13.2 Å². The van der Waals surface area contributed by atoms with Crippen LogP contribution in [0.4, 0.5) is 5.69 Å². The lowest BCUT2D eigenvalue weighted by Crippen LogP contribution is -2.61. The summed E-state index contributed by atoms with van der Waals surface area (Å²) in [4.78, 5) is 14.5. The molecule has 1 aromatic rings. The number of anilines is 1. The van der Waals surface area contributed by atoms with Gasteiger partial charge in [-0.2, -0.15) is 0 Å². The highest BCUT2D eigenvalue weighted by Crippen LogP contribution is 2.36. The van der Waals surface area contributed by atoms with Crippen LogP contribution < -0.4 is 5.01 Å². The van der Waals surface area contributed by atoms with Crippen LogP contribution in [0.25, 0.3) is 0 Å². The Morgan fingerprint density at radius 1 is 1.32 bits per heavy atom. The third-order valence-electron chi connectivity index (χ3n) is 4.09. The lowest BCUT2D eigenvalue weighted by molar-refractivity contribution is -0.149. The highest BCUT2D eigenvalue weighted by molar-refractivity contribution is 5.82. The van der Waals surface area contributed by atoms with Gasteiger partial charge in [-0.3, -0.25) is 4.90 Å². The Balaban J connectivity index is 1.96. The molecule has 1 aromatic carbocycles. The first kappa shape index (κ1) is 14.9. The zero-order chi connectivity index (χ0) is 15.6. The molecule has 1 saturated heterocycles. The number of hydrogen-bond acceptors (Lipinski definition) is 7. The van der Waals surface area contributed by atoms with Gasteiger partial charge in [0.1, 0.15) is 6.17 Å². The topological polar surface area (TPSA) is 66.7 Å². The van der Waals surface area contributed by atoms with Gasteiger partial charge >= 0.3 is 5.97 Å². The first-order valence-corrected chi connectivity index (χ1v) is 7.34. The van der Waals surface area contributed by atoms with E-state index in [4.69, 9.17) is 9.47 Å². The number of nitrogens with zero attached hydrogens (tertiary/aromatic N) is 4. The van der Waals surface area contributed by atoms with E-state index in [1.54, 1.807) is 11.9 Å². The lowest BCUT2D eigenvalue weighted by atomic mass is 9.97. The molecule has 7 nitrogen and oxygen atoms in total. The molecule has 0 aromatic heterocycles. The molecule has 3 rings (SSSR count). The molecule has 2 aliphatic heterocycles. The monoisotopic (exact) mass is 304 g/mol. The van der Waals surface area contributed by atoms with Gasteiger partial charge in [0.25, 0.3) is 0 Å². The number of carbonyl (C=O) groups is 1. The van der Waals surface area contributed by atoms with Crippen molar-refractivity contribution in [1.29, 1.82) is 0 Å². The molecule has 2 heterocycles. The molecule has 0 radical (unpaired) electrons. The van der Waals surface area contributed by atoms with Crippen molar-refractivity contribution in [2.24, 2.45) is 10.3 Å². The highest BCUT2D eigenvalue weighted by atomic mass is 16.5. The van der Waals surface area contributed by atoms with E-state index in [0.717, 1.165) is 18.8 Å². The quantitative estimate of drug-likeness (QED) is 0.791. The highest BCUT2D eigenvalue weighted by Gasteiger charge is 2.53. The van der Waals surface area contributed by atoms with Crippen LogP contribution in [0.5, 0.6) is 0 Å². The molecule has 0 bridgehead atoms. The summed E-state index contributed by atoms with van der Waals surface area (Å²) in [6, 6.07) is 9.73. The number of esters is 1. The number of carbonyl (C=O) groups excluding carboxylic acids is 1. The number of benzene rings is 1. The number of hydrogen-bond donors (Lipinski definition) is 0. The minimum atomic E-state index is -1.05. The number of morpholine rings is 1. The van der Waals surface area contributed by atoms with Crippen molar-refractivity contribution >= 4 is 11.7 Å². The van der Waals surface area contributed by atoms with Gasteiger partial charge in [-0.05, 0) is 19.1 Å². The fraction of sp³-hybridized carbons (Fsp3) is 0.533. The predicted octanol–water partition coefficient (Wildman–Crippen LogP) is 1.46. The first-order chi connectivity index (χ1) is 10.7. The largest absolute Gasteiger partial charge is 0.467 e. The summed E-state index contributed by atoms with van der Waals surface area (Å²) < 4.78 is 10.4. The van der Waals surface area contributed by atoms with E-state index in [2.05, 4.69) is 15.2 Å². The van der Waals surface area contributed by atoms with Crippen LogP contribution in [0.1, 0.15) is 6.92 Å². The number of rotatable bonds is 3. The van der Waals surface area contributed by atoms with Crippen LogP contribution in [0.15, 0.2) is 40.7 Å². The molecule has 0 spiro atoms. The molecule has 22 heavy (non-hydrogen) atoms. The maximum Gasteiger partial charge on any atom is 0.339 e. The Bertz CT molecular complexity index is 559. The molecule has 118 valence electrons. The summed E-state index contributed by atoms with van der Waals surface area (Å²) in [5.41, 5.74) is -0.155. The maximum atomic E-state index is 12.3. The molecule has 0 amide bonds. The van der Waals surface area contributed by atoms with Crippen molar-refractivity contribution in [1.82, 2.24) is 4.90 Å². The minimum absolute atomic E-state index is 0.314. The van der Waals surface area contributed by atoms with Gasteiger partial charge in [-0.25, -0.2) is 9.80 Å². The third kappa shape index (κ3) is 2.46.